The van der Waals surface area contributed by atoms with E-state index in [0.717, 1.165) is 36.3 Å². The van der Waals surface area contributed by atoms with E-state index in [9.17, 15) is 4.79 Å². The van der Waals surface area contributed by atoms with Crippen molar-refractivity contribution < 1.29 is 23.7 Å². The SMILES string of the molecule is C=C(OC[SiH](C)C)C1CC2CC(=O)OC1C2OC1=C=C2OC3C(C(C)C(C)C(C)C)C4CC3C12C4. The van der Waals surface area contributed by atoms with E-state index in [2.05, 4.69) is 53.1 Å². The van der Waals surface area contributed by atoms with Gasteiger partial charge < -0.3 is 18.9 Å². The topological polar surface area (TPSA) is 54.0 Å². The predicted molar refractivity (Wildman–Crippen MR) is 136 cm³/mol. The van der Waals surface area contributed by atoms with E-state index in [-0.39, 0.29) is 35.4 Å². The van der Waals surface area contributed by atoms with Crippen molar-refractivity contribution in [3.8, 4) is 0 Å². The first kappa shape index (κ1) is 23.7. The van der Waals surface area contributed by atoms with Crippen LogP contribution in [0.4, 0.5) is 0 Å². The summed E-state index contributed by atoms with van der Waals surface area (Å²) in [6.07, 6.45) is 4.24. The summed E-state index contributed by atoms with van der Waals surface area (Å²) in [5.41, 5.74) is 3.41. The van der Waals surface area contributed by atoms with Crippen LogP contribution in [0, 0.1) is 52.8 Å². The lowest BCUT2D eigenvalue weighted by Crippen LogP contribution is -2.45. The van der Waals surface area contributed by atoms with E-state index in [1.54, 1.807) is 0 Å². The zero-order valence-corrected chi connectivity index (χ0v) is 23.4. The number of rotatable bonds is 9. The van der Waals surface area contributed by atoms with Crippen LogP contribution in [0.25, 0.3) is 0 Å². The summed E-state index contributed by atoms with van der Waals surface area (Å²) in [5.74, 6) is 6.70. The van der Waals surface area contributed by atoms with Gasteiger partial charge in [0.2, 0.25) is 0 Å². The maximum absolute atomic E-state index is 12.3. The predicted octanol–water partition coefficient (Wildman–Crippen LogP) is 5.23. The van der Waals surface area contributed by atoms with Crippen LogP contribution in [0.5, 0.6) is 0 Å². The van der Waals surface area contributed by atoms with Crippen molar-refractivity contribution in [3.63, 3.8) is 0 Å². The fraction of sp³-hybridized carbons (Fsp3) is 0.793. The van der Waals surface area contributed by atoms with Gasteiger partial charge in [-0.1, -0.05) is 47.4 Å². The Morgan fingerprint density at radius 3 is 2.66 bits per heavy atom. The van der Waals surface area contributed by atoms with E-state index >= 15 is 0 Å². The lowest BCUT2D eigenvalue weighted by atomic mass is 9.62. The molecule has 5 fully saturated rings. The van der Waals surface area contributed by atoms with Crippen LogP contribution in [-0.4, -0.2) is 39.3 Å². The highest BCUT2D eigenvalue weighted by molar-refractivity contribution is 6.55. The first-order valence-corrected chi connectivity index (χ1v) is 17.1. The quantitative estimate of drug-likeness (QED) is 0.189. The molecule has 0 radical (unpaired) electrons. The van der Waals surface area contributed by atoms with Crippen molar-refractivity contribution in [1.82, 2.24) is 0 Å². The molecule has 2 saturated heterocycles. The molecule has 4 aliphatic carbocycles. The minimum Gasteiger partial charge on any atom is -0.502 e. The Morgan fingerprint density at radius 1 is 1.17 bits per heavy atom. The Kier molecular flexibility index (Phi) is 5.54. The molecule has 6 heteroatoms. The van der Waals surface area contributed by atoms with E-state index in [0.29, 0.717) is 48.0 Å². The molecule has 2 aliphatic heterocycles. The second kappa shape index (κ2) is 8.18. The fourth-order valence-electron chi connectivity index (χ4n) is 8.41. The Morgan fingerprint density at radius 2 is 1.94 bits per heavy atom. The molecular formula is C29H42O5Si. The molecule has 11 atom stereocenters. The minimum atomic E-state index is -0.853. The van der Waals surface area contributed by atoms with E-state index in [1.165, 1.54) is 6.42 Å². The number of carbonyl (C=O) groups excluding carboxylic acids is 1. The zero-order chi connectivity index (χ0) is 24.8. The Labute approximate surface area is 211 Å². The van der Waals surface area contributed by atoms with Gasteiger partial charge in [-0.15, -0.1) is 0 Å². The van der Waals surface area contributed by atoms with Crippen LogP contribution in [0.3, 0.4) is 0 Å². The molecule has 0 N–H and O–H groups in total. The molecule has 1 spiro atoms. The van der Waals surface area contributed by atoms with Crippen molar-refractivity contribution in [3.05, 3.63) is 29.6 Å². The van der Waals surface area contributed by atoms with Gasteiger partial charge in [-0.05, 0) is 48.7 Å². The Bertz CT molecular complexity index is 995. The van der Waals surface area contributed by atoms with Gasteiger partial charge in [-0.3, -0.25) is 4.79 Å². The smallest absolute Gasteiger partial charge is 0.306 e. The molecule has 6 rings (SSSR count). The van der Waals surface area contributed by atoms with Crippen molar-refractivity contribution >= 4 is 14.8 Å². The third-order valence-corrected chi connectivity index (χ3v) is 11.4. The number of hydrogen-bond acceptors (Lipinski definition) is 5. The van der Waals surface area contributed by atoms with Gasteiger partial charge in [0, 0.05) is 17.8 Å². The molecular weight excluding hydrogens is 456 g/mol. The van der Waals surface area contributed by atoms with E-state index < -0.39 is 8.80 Å². The maximum Gasteiger partial charge on any atom is 0.306 e. The molecule has 192 valence electrons. The first-order valence-electron chi connectivity index (χ1n) is 14.0. The Balaban J connectivity index is 1.18. The molecule has 6 aliphatic rings. The van der Waals surface area contributed by atoms with E-state index in [1.807, 2.05) is 0 Å². The summed E-state index contributed by atoms with van der Waals surface area (Å²) in [5, 5.41) is 0. The van der Waals surface area contributed by atoms with Crippen LogP contribution in [0.2, 0.25) is 13.1 Å². The summed E-state index contributed by atoms with van der Waals surface area (Å²) >= 11 is 0. The van der Waals surface area contributed by atoms with Crippen LogP contribution < -0.4 is 0 Å². The number of esters is 1. The lowest BCUT2D eigenvalue weighted by molar-refractivity contribution is -0.168. The van der Waals surface area contributed by atoms with Gasteiger partial charge in [-0.2, -0.15) is 0 Å². The van der Waals surface area contributed by atoms with Crippen molar-refractivity contribution in [2.75, 3.05) is 6.23 Å². The second-order valence-electron chi connectivity index (χ2n) is 13.2. The largest absolute Gasteiger partial charge is 0.502 e. The van der Waals surface area contributed by atoms with Crippen LogP contribution in [-0.2, 0) is 23.7 Å². The average molecular weight is 499 g/mol. The molecule has 5 nitrogen and oxygen atoms in total. The molecule has 11 unspecified atom stereocenters. The van der Waals surface area contributed by atoms with Crippen LogP contribution in [0.15, 0.2) is 29.6 Å². The molecule has 4 bridgehead atoms. The second-order valence-corrected chi connectivity index (χ2v) is 16.3. The number of fused-ring (bicyclic) bond motifs is 3. The zero-order valence-electron chi connectivity index (χ0n) is 22.2. The molecule has 3 saturated carbocycles. The summed E-state index contributed by atoms with van der Waals surface area (Å²) in [4.78, 5) is 12.3. The molecule has 2 heterocycles. The van der Waals surface area contributed by atoms with Gasteiger partial charge in [-0.25, -0.2) is 0 Å². The van der Waals surface area contributed by atoms with Crippen molar-refractivity contribution in [2.45, 2.75) is 84.8 Å². The normalized spacial score (nSPS) is 43.7. The molecule has 35 heavy (non-hydrogen) atoms. The number of carbonyl (C=O) groups is 1. The molecule has 0 aromatic carbocycles. The molecule has 0 amide bonds. The van der Waals surface area contributed by atoms with Crippen molar-refractivity contribution in [1.29, 1.82) is 0 Å². The maximum atomic E-state index is 12.3. The number of ether oxygens (including phenoxy) is 4. The van der Waals surface area contributed by atoms with E-state index in [4.69, 9.17) is 18.9 Å². The van der Waals surface area contributed by atoms with Crippen molar-refractivity contribution in [2.24, 2.45) is 52.8 Å². The monoisotopic (exact) mass is 498 g/mol. The summed E-state index contributed by atoms with van der Waals surface area (Å²) in [6.45, 7) is 18.3. The highest BCUT2D eigenvalue weighted by Crippen LogP contribution is 2.74. The average Bonchev–Trinajstić information content (AvgIpc) is 3.46. The fourth-order valence-corrected chi connectivity index (χ4v) is 8.96. The van der Waals surface area contributed by atoms with Crippen LogP contribution in [0.1, 0.15) is 53.4 Å². The van der Waals surface area contributed by atoms with Crippen LogP contribution >= 0.6 is 0 Å². The van der Waals surface area contributed by atoms with Gasteiger partial charge in [0.25, 0.3) is 0 Å². The van der Waals surface area contributed by atoms with Gasteiger partial charge in [0.1, 0.15) is 23.7 Å². The summed E-state index contributed by atoms with van der Waals surface area (Å²) in [7, 11) is -0.853. The van der Waals surface area contributed by atoms with Gasteiger partial charge in [0.05, 0.1) is 33.1 Å². The highest BCUT2D eigenvalue weighted by Gasteiger charge is 2.74. The lowest BCUT2D eigenvalue weighted by Gasteiger charge is -2.42. The van der Waals surface area contributed by atoms with Gasteiger partial charge >= 0.3 is 5.97 Å². The Hall–Kier alpha value is -1.65. The summed E-state index contributed by atoms with van der Waals surface area (Å²) < 4.78 is 25.3. The molecule has 0 aromatic rings. The third kappa shape index (κ3) is 3.35. The standard InChI is InChI=1S/C29H42O5Si/c1-14(2)15(3)16(4)25-19-9-21-28(25)33-23-11-22(29(21,23)12-19)32-26-18-8-20(17(5)31-13-35(6)7)27(26)34-24(30)10-18/h14-16,18-21,25-28,35H,5,8-10,12-13H2,1-4,6-7H3. The highest BCUT2D eigenvalue weighted by atomic mass is 28.3. The first-order chi connectivity index (χ1) is 16.6. The number of hydrogen-bond donors (Lipinski definition) is 0. The minimum absolute atomic E-state index is 0.0150. The third-order valence-electron chi connectivity index (χ3n) is 10.6. The summed E-state index contributed by atoms with van der Waals surface area (Å²) in [6, 6.07) is 0. The molecule has 0 aromatic heterocycles. The van der Waals surface area contributed by atoms with Gasteiger partial charge in [0.15, 0.2) is 11.5 Å².